The Balaban J connectivity index is 2.36. The lowest BCUT2D eigenvalue weighted by Crippen LogP contribution is -2.27. The van der Waals surface area contributed by atoms with Crippen molar-refractivity contribution in [2.45, 2.75) is 6.92 Å². The van der Waals surface area contributed by atoms with Crippen molar-refractivity contribution in [2.75, 3.05) is 20.8 Å². The lowest BCUT2D eigenvalue weighted by molar-refractivity contribution is -0.121. The van der Waals surface area contributed by atoms with Gasteiger partial charge in [-0.15, -0.1) is 0 Å². The number of hydrogen-bond acceptors (Lipinski definition) is 5. The summed E-state index contributed by atoms with van der Waals surface area (Å²) in [5.74, 6) is 1.31. The predicted octanol–water partition coefficient (Wildman–Crippen LogP) is 2.92. The fraction of sp³-hybridized carbons (Fsp3) is 0.286. The molecule has 0 radical (unpaired) electrons. The third-order valence-electron chi connectivity index (χ3n) is 2.92. The van der Waals surface area contributed by atoms with Crippen LogP contribution in [0.25, 0.3) is 6.08 Å². The van der Waals surface area contributed by atoms with Crippen LogP contribution in [0, 0.1) is 0 Å². The highest BCUT2D eigenvalue weighted by Gasteiger charge is 2.30. The van der Waals surface area contributed by atoms with Crippen molar-refractivity contribution in [3.05, 3.63) is 28.7 Å². The average Bonchev–Trinajstić information content (AvgIpc) is 2.73. The topological polar surface area (TPSA) is 38.8 Å². The number of rotatable bonds is 4. The predicted molar refractivity (Wildman–Crippen MR) is 85.1 cm³/mol. The molecule has 1 amide bonds. The minimum atomic E-state index is -0.0552. The van der Waals surface area contributed by atoms with Crippen LogP contribution in [0.3, 0.4) is 0 Å². The van der Waals surface area contributed by atoms with E-state index in [0.717, 1.165) is 5.56 Å². The fourth-order valence-electron chi connectivity index (χ4n) is 1.85. The van der Waals surface area contributed by atoms with Crippen molar-refractivity contribution in [1.82, 2.24) is 4.90 Å². The highest BCUT2D eigenvalue weighted by atomic mass is 32.2. The van der Waals surface area contributed by atoms with Gasteiger partial charge in [-0.3, -0.25) is 9.69 Å². The standard InChI is InChI=1S/C14H15NO3S2/c1-4-15-13(16)12(20-14(15)19)7-9-5-6-10(17-2)8-11(9)18-3/h5-8H,4H2,1-3H3/b12-7+. The van der Waals surface area contributed by atoms with E-state index in [1.54, 1.807) is 31.3 Å². The smallest absolute Gasteiger partial charge is 0.266 e. The zero-order valence-electron chi connectivity index (χ0n) is 11.5. The zero-order chi connectivity index (χ0) is 14.7. The van der Waals surface area contributed by atoms with Gasteiger partial charge in [0.25, 0.3) is 5.91 Å². The molecule has 1 aliphatic heterocycles. The normalized spacial score (nSPS) is 16.9. The number of hydrogen-bond donors (Lipinski definition) is 0. The number of nitrogens with zero attached hydrogens (tertiary/aromatic N) is 1. The van der Waals surface area contributed by atoms with Gasteiger partial charge in [0.2, 0.25) is 0 Å². The van der Waals surface area contributed by atoms with E-state index in [9.17, 15) is 4.79 Å². The molecule has 0 unspecified atom stereocenters. The molecule has 1 heterocycles. The lowest BCUT2D eigenvalue weighted by Gasteiger charge is -2.10. The molecule has 0 saturated carbocycles. The summed E-state index contributed by atoms with van der Waals surface area (Å²) in [5.41, 5.74) is 0.824. The Labute approximate surface area is 127 Å². The van der Waals surface area contributed by atoms with Crippen LogP contribution in [-0.2, 0) is 4.79 Å². The van der Waals surface area contributed by atoms with E-state index >= 15 is 0 Å². The Hall–Kier alpha value is -1.53. The maximum absolute atomic E-state index is 12.2. The number of amides is 1. The van der Waals surface area contributed by atoms with Gasteiger partial charge in [0, 0.05) is 18.2 Å². The van der Waals surface area contributed by atoms with Gasteiger partial charge < -0.3 is 9.47 Å². The molecule has 6 heteroatoms. The zero-order valence-corrected chi connectivity index (χ0v) is 13.1. The molecule has 0 spiro atoms. The summed E-state index contributed by atoms with van der Waals surface area (Å²) < 4.78 is 11.1. The Bertz CT molecular complexity index is 584. The molecule has 0 aliphatic carbocycles. The molecule has 1 fully saturated rings. The van der Waals surface area contributed by atoms with Crippen molar-refractivity contribution in [2.24, 2.45) is 0 Å². The summed E-state index contributed by atoms with van der Waals surface area (Å²) >= 11 is 6.50. The van der Waals surface area contributed by atoms with Crippen molar-refractivity contribution in [3.8, 4) is 11.5 Å². The molecule has 106 valence electrons. The summed E-state index contributed by atoms with van der Waals surface area (Å²) in [4.78, 5) is 14.4. The summed E-state index contributed by atoms with van der Waals surface area (Å²) in [6, 6.07) is 5.47. The van der Waals surface area contributed by atoms with Crippen LogP contribution in [-0.4, -0.2) is 35.9 Å². The first-order valence-electron chi connectivity index (χ1n) is 6.08. The van der Waals surface area contributed by atoms with Gasteiger partial charge in [-0.2, -0.15) is 0 Å². The molecule has 1 aromatic rings. The number of methoxy groups -OCH3 is 2. The van der Waals surface area contributed by atoms with Crippen LogP contribution in [0.15, 0.2) is 23.1 Å². The van der Waals surface area contributed by atoms with Crippen molar-refractivity contribution >= 4 is 40.3 Å². The number of likely N-dealkylation sites (N-methyl/N-ethyl adjacent to an activating group) is 1. The Morgan fingerprint density at radius 1 is 1.35 bits per heavy atom. The highest BCUT2D eigenvalue weighted by molar-refractivity contribution is 8.26. The third kappa shape index (κ3) is 2.81. The monoisotopic (exact) mass is 309 g/mol. The number of benzene rings is 1. The number of ether oxygens (including phenoxy) is 2. The molecular weight excluding hydrogens is 294 g/mol. The maximum atomic E-state index is 12.2. The van der Waals surface area contributed by atoms with E-state index in [1.807, 2.05) is 19.1 Å². The second-order valence-corrected chi connectivity index (χ2v) is 5.71. The second-order valence-electron chi connectivity index (χ2n) is 4.03. The third-order valence-corrected chi connectivity index (χ3v) is 4.29. The van der Waals surface area contributed by atoms with Gasteiger partial charge in [0.15, 0.2) is 0 Å². The molecule has 1 saturated heterocycles. The first-order chi connectivity index (χ1) is 9.60. The maximum Gasteiger partial charge on any atom is 0.266 e. The summed E-state index contributed by atoms with van der Waals surface area (Å²) in [6.07, 6.45) is 1.80. The van der Waals surface area contributed by atoms with Crippen LogP contribution in [0.5, 0.6) is 11.5 Å². The number of thioether (sulfide) groups is 1. The van der Waals surface area contributed by atoms with E-state index in [0.29, 0.717) is 27.3 Å². The first kappa shape index (κ1) is 14.9. The minimum absolute atomic E-state index is 0.0552. The molecule has 20 heavy (non-hydrogen) atoms. The van der Waals surface area contributed by atoms with Gasteiger partial charge in [-0.25, -0.2) is 0 Å². The van der Waals surface area contributed by atoms with Gasteiger partial charge in [0.1, 0.15) is 15.8 Å². The second kappa shape index (κ2) is 6.28. The van der Waals surface area contributed by atoms with Gasteiger partial charge in [-0.05, 0) is 25.1 Å². The van der Waals surface area contributed by atoms with Crippen molar-refractivity contribution < 1.29 is 14.3 Å². The molecule has 0 atom stereocenters. The Morgan fingerprint density at radius 3 is 2.65 bits per heavy atom. The molecule has 2 rings (SSSR count). The summed E-state index contributed by atoms with van der Waals surface area (Å²) in [5, 5.41) is 0. The fourth-order valence-corrected chi connectivity index (χ4v) is 3.23. The van der Waals surface area contributed by atoms with Gasteiger partial charge >= 0.3 is 0 Å². The number of thiocarbonyl (C=S) groups is 1. The largest absolute Gasteiger partial charge is 0.497 e. The Kier molecular flexibility index (Phi) is 4.67. The lowest BCUT2D eigenvalue weighted by atomic mass is 10.1. The van der Waals surface area contributed by atoms with Crippen LogP contribution in [0.2, 0.25) is 0 Å². The Morgan fingerprint density at radius 2 is 2.10 bits per heavy atom. The van der Waals surface area contributed by atoms with Crippen LogP contribution < -0.4 is 9.47 Å². The highest BCUT2D eigenvalue weighted by Crippen LogP contribution is 2.34. The van der Waals surface area contributed by atoms with Crippen molar-refractivity contribution in [3.63, 3.8) is 0 Å². The summed E-state index contributed by atoms with van der Waals surface area (Å²) in [7, 11) is 3.18. The average molecular weight is 309 g/mol. The van der Waals surface area contributed by atoms with E-state index in [1.165, 1.54) is 11.8 Å². The SMILES string of the molecule is CCN1C(=O)/C(=C\c2ccc(OC)cc2OC)SC1=S. The molecular formula is C14H15NO3S2. The van der Waals surface area contributed by atoms with E-state index < -0.39 is 0 Å². The number of carbonyl (C=O) groups is 1. The molecule has 4 nitrogen and oxygen atoms in total. The van der Waals surface area contributed by atoms with Gasteiger partial charge in [0.05, 0.1) is 19.1 Å². The molecule has 0 bridgehead atoms. The van der Waals surface area contributed by atoms with Crippen LogP contribution in [0.1, 0.15) is 12.5 Å². The van der Waals surface area contributed by atoms with E-state index in [-0.39, 0.29) is 5.91 Å². The summed E-state index contributed by atoms with van der Waals surface area (Å²) in [6.45, 7) is 2.49. The van der Waals surface area contributed by atoms with Gasteiger partial charge in [-0.1, -0.05) is 24.0 Å². The molecule has 0 aromatic heterocycles. The van der Waals surface area contributed by atoms with E-state index in [2.05, 4.69) is 0 Å². The quantitative estimate of drug-likeness (QED) is 0.631. The van der Waals surface area contributed by atoms with E-state index in [4.69, 9.17) is 21.7 Å². The molecule has 0 N–H and O–H groups in total. The van der Waals surface area contributed by atoms with Crippen LogP contribution >= 0.6 is 24.0 Å². The van der Waals surface area contributed by atoms with Crippen molar-refractivity contribution in [1.29, 1.82) is 0 Å². The molecule has 1 aromatic carbocycles. The minimum Gasteiger partial charge on any atom is -0.497 e. The number of carbonyl (C=O) groups excluding carboxylic acids is 1. The van der Waals surface area contributed by atoms with Crippen LogP contribution in [0.4, 0.5) is 0 Å². The first-order valence-corrected chi connectivity index (χ1v) is 7.30. The molecule has 1 aliphatic rings.